The molecule has 0 saturated heterocycles. The lowest BCUT2D eigenvalue weighted by Crippen LogP contribution is -2.37. The number of aliphatic hydroxyl groups excluding tert-OH is 1. The molecule has 9 heteroatoms. The molecule has 1 heterocycles. The summed E-state index contributed by atoms with van der Waals surface area (Å²) in [5, 5.41) is 9.99. The fraction of sp³-hybridized carbons (Fsp3) is 0.500. The van der Waals surface area contributed by atoms with Crippen molar-refractivity contribution in [3.05, 3.63) is 42.5 Å². The lowest BCUT2D eigenvalue weighted by atomic mass is 9.81. The van der Waals surface area contributed by atoms with Gasteiger partial charge in [-0.15, -0.1) is 11.8 Å². The Kier molecular flexibility index (Phi) is 9.40. The number of benzene rings is 2. The second kappa shape index (κ2) is 11.9. The Hall–Kier alpha value is -1.91. The van der Waals surface area contributed by atoms with E-state index in [1.54, 1.807) is 6.07 Å². The Morgan fingerprint density at radius 3 is 2.54 bits per heavy atom. The molecule has 2 aromatic carbocycles. The third kappa shape index (κ3) is 6.27. The van der Waals surface area contributed by atoms with Gasteiger partial charge in [-0.2, -0.15) is 10.6 Å². The molecule has 0 saturated carbocycles. The van der Waals surface area contributed by atoms with Crippen molar-refractivity contribution in [3.63, 3.8) is 0 Å². The molecule has 0 spiro atoms. The molecule has 1 aliphatic rings. The average Bonchev–Trinajstić information content (AvgIpc) is 2.97. The predicted molar refractivity (Wildman–Crippen MR) is 143 cm³/mol. The molecule has 7 nitrogen and oxygen atoms in total. The average molecular weight is 524 g/mol. The quantitative estimate of drug-likeness (QED) is 0.251. The van der Waals surface area contributed by atoms with Gasteiger partial charge in [-0.05, 0) is 37.3 Å². The van der Waals surface area contributed by atoms with Crippen LogP contribution in [-0.4, -0.2) is 58.6 Å². The van der Waals surface area contributed by atoms with Gasteiger partial charge in [0.1, 0.15) is 12.4 Å². The van der Waals surface area contributed by atoms with E-state index in [9.17, 15) is 19.0 Å². The number of carbonyl (C=O) groups is 1. The van der Waals surface area contributed by atoms with Gasteiger partial charge >= 0.3 is 5.97 Å². The number of fused-ring (bicyclic) bond motifs is 1. The molecule has 3 N–H and O–H groups in total. The number of esters is 1. The molecular formula is C26H37NO6S2. The van der Waals surface area contributed by atoms with Crippen LogP contribution >= 0.6 is 22.4 Å². The zero-order chi connectivity index (χ0) is 25.6. The van der Waals surface area contributed by atoms with Crippen LogP contribution in [0.3, 0.4) is 0 Å². The van der Waals surface area contributed by atoms with Crippen LogP contribution in [0, 0.1) is 5.41 Å². The van der Waals surface area contributed by atoms with Gasteiger partial charge in [-0.3, -0.25) is 9.11 Å². The molecule has 0 radical (unpaired) electrons. The van der Waals surface area contributed by atoms with Crippen LogP contribution in [0.4, 0.5) is 11.4 Å². The molecular weight excluding hydrogens is 486 g/mol. The summed E-state index contributed by atoms with van der Waals surface area (Å²) in [5.41, 5.74) is 1.46. The molecule has 2 atom stereocenters. The Labute approximate surface area is 214 Å². The zero-order valence-electron chi connectivity index (χ0n) is 20.9. The van der Waals surface area contributed by atoms with Crippen molar-refractivity contribution in [1.29, 1.82) is 0 Å². The molecule has 0 fully saturated rings. The van der Waals surface area contributed by atoms with Crippen molar-refractivity contribution in [2.75, 3.05) is 37.2 Å². The van der Waals surface area contributed by atoms with E-state index in [0.29, 0.717) is 17.2 Å². The van der Waals surface area contributed by atoms with E-state index >= 15 is 0 Å². The fourth-order valence-corrected chi connectivity index (χ4v) is 7.35. The topological polar surface area (TPSA) is 99.5 Å². The molecule has 1 aliphatic heterocycles. The summed E-state index contributed by atoms with van der Waals surface area (Å²) < 4.78 is 33.5. The van der Waals surface area contributed by atoms with Crippen molar-refractivity contribution < 1.29 is 28.5 Å². The van der Waals surface area contributed by atoms with Crippen molar-refractivity contribution in [1.82, 2.24) is 0 Å². The van der Waals surface area contributed by atoms with Crippen LogP contribution in [0.15, 0.2) is 52.3 Å². The largest absolute Gasteiger partial charge is 0.489 e. The molecule has 2 unspecified atom stereocenters. The van der Waals surface area contributed by atoms with E-state index in [-0.39, 0.29) is 17.8 Å². The highest BCUT2D eigenvalue weighted by Gasteiger charge is 2.42. The predicted octanol–water partition coefficient (Wildman–Crippen LogP) is 6.17. The number of thioether (sulfide) groups is 1. The monoisotopic (exact) mass is 523 g/mol. The summed E-state index contributed by atoms with van der Waals surface area (Å²) in [6, 6.07) is 13.6. The maximum absolute atomic E-state index is 11.6. The Morgan fingerprint density at radius 1 is 1.23 bits per heavy atom. The van der Waals surface area contributed by atoms with Crippen LogP contribution in [0.2, 0.25) is 0 Å². The van der Waals surface area contributed by atoms with Gasteiger partial charge in [0.05, 0.1) is 22.6 Å². The number of hydrogen-bond donors (Lipinski definition) is 3. The van der Waals surface area contributed by atoms with Crippen LogP contribution in [0.1, 0.15) is 39.5 Å². The highest BCUT2D eigenvalue weighted by molar-refractivity contribution is 8.24. The minimum atomic E-state index is -3.16. The lowest BCUT2D eigenvalue weighted by Gasteiger charge is -2.41. The Morgan fingerprint density at radius 2 is 1.94 bits per heavy atom. The molecule has 194 valence electrons. The number of rotatable bonds is 10. The SMILES string of the molecule is CCCCC1(CC)CN(c2ccccc2)c2cc(SC)c(OCC(O)C(=O)OC)cc2S(O)(O)C1. The number of para-hydroxylation sites is 1. The Balaban J connectivity index is 2.13. The number of carbonyl (C=O) groups excluding carboxylic acids is 1. The van der Waals surface area contributed by atoms with E-state index in [4.69, 9.17) is 4.74 Å². The number of nitrogens with zero attached hydrogens (tertiary/aromatic N) is 1. The summed E-state index contributed by atoms with van der Waals surface area (Å²) in [7, 11) is -1.96. The number of hydrogen-bond acceptors (Lipinski definition) is 8. The van der Waals surface area contributed by atoms with Gasteiger partial charge in [0.15, 0.2) is 6.10 Å². The molecule has 0 amide bonds. The summed E-state index contributed by atoms with van der Waals surface area (Å²) >= 11 is 1.45. The van der Waals surface area contributed by atoms with Gasteiger partial charge in [-0.25, -0.2) is 4.79 Å². The van der Waals surface area contributed by atoms with Gasteiger partial charge in [0.25, 0.3) is 0 Å². The van der Waals surface area contributed by atoms with Gasteiger partial charge in [-0.1, -0.05) is 44.9 Å². The number of ether oxygens (including phenoxy) is 2. The van der Waals surface area contributed by atoms with Gasteiger partial charge < -0.3 is 19.5 Å². The van der Waals surface area contributed by atoms with Crippen LogP contribution in [0.5, 0.6) is 5.75 Å². The van der Waals surface area contributed by atoms with Crippen LogP contribution in [-0.2, 0) is 9.53 Å². The third-order valence-corrected chi connectivity index (χ3v) is 9.44. The van der Waals surface area contributed by atoms with Crippen LogP contribution < -0.4 is 9.64 Å². The van der Waals surface area contributed by atoms with Crippen molar-refractivity contribution in [3.8, 4) is 5.75 Å². The first-order valence-corrected chi connectivity index (χ1v) is 14.8. The fourth-order valence-electron chi connectivity index (χ4n) is 4.55. The smallest absolute Gasteiger partial charge is 0.338 e. The maximum atomic E-state index is 11.6. The summed E-state index contributed by atoms with van der Waals surface area (Å²) in [5.74, 6) is -0.117. The van der Waals surface area contributed by atoms with E-state index in [1.165, 1.54) is 18.9 Å². The summed E-state index contributed by atoms with van der Waals surface area (Å²) in [6.07, 6.45) is 4.25. The van der Waals surface area contributed by atoms with Crippen molar-refractivity contribution >= 4 is 39.7 Å². The second-order valence-electron chi connectivity index (χ2n) is 9.01. The number of anilines is 2. The number of aliphatic hydroxyl groups is 1. The zero-order valence-corrected chi connectivity index (χ0v) is 22.5. The molecule has 0 aliphatic carbocycles. The highest BCUT2D eigenvalue weighted by atomic mass is 32.3. The summed E-state index contributed by atoms with van der Waals surface area (Å²) in [6.45, 7) is 4.65. The van der Waals surface area contributed by atoms with E-state index in [1.807, 2.05) is 42.7 Å². The molecule has 2 aromatic rings. The minimum absolute atomic E-state index is 0.272. The first-order valence-electron chi connectivity index (χ1n) is 11.9. The standard InChI is InChI=1S/C26H37NO6S2/c1-5-7-13-26(6-2)17-27(19-11-9-8-10-12-19)20-14-23(34-4)22(15-24(20)35(30,31)18-26)33-16-21(28)25(29)32-3/h8-12,14-15,21,28,30-31H,5-7,13,16-18H2,1-4H3. The Bertz CT molecular complexity index is 1000. The highest BCUT2D eigenvalue weighted by Crippen LogP contribution is 2.62. The lowest BCUT2D eigenvalue weighted by molar-refractivity contribution is -0.151. The van der Waals surface area contributed by atoms with Gasteiger partial charge in [0, 0.05) is 29.5 Å². The minimum Gasteiger partial charge on any atom is -0.489 e. The number of unbranched alkanes of at least 4 members (excludes halogenated alkanes) is 1. The first kappa shape index (κ1) is 27.7. The van der Waals surface area contributed by atoms with E-state index in [2.05, 4.69) is 23.5 Å². The molecule has 0 bridgehead atoms. The number of methoxy groups -OCH3 is 1. The van der Waals surface area contributed by atoms with Crippen LogP contribution in [0.25, 0.3) is 0 Å². The second-order valence-corrected chi connectivity index (χ2v) is 11.9. The third-order valence-electron chi connectivity index (χ3n) is 6.64. The molecule has 0 aromatic heterocycles. The van der Waals surface area contributed by atoms with Crippen molar-refractivity contribution in [2.24, 2.45) is 5.41 Å². The van der Waals surface area contributed by atoms with E-state index in [0.717, 1.165) is 42.0 Å². The molecule has 3 rings (SSSR count). The summed E-state index contributed by atoms with van der Waals surface area (Å²) in [4.78, 5) is 15.0. The first-order chi connectivity index (χ1) is 16.7. The van der Waals surface area contributed by atoms with E-state index < -0.39 is 22.7 Å². The van der Waals surface area contributed by atoms with Gasteiger partial charge in [0.2, 0.25) is 0 Å². The normalized spacial score (nSPS) is 20.9. The maximum Gasteiger partial charge on any atom is 0.338 e. The molecule has 35 heavy (non-hydrogen) atoms. The van der Waals surface area contributed by atoms with Crippen molar-refractivity contribution in [2.45, 2.75) is 55.4 Å².